The van der Waals surface area contributed by atoms with Gasteiger partial charge in [-0.05, 0) is 12.6 Å². The van der Waals surface area contributed by atoms with Gasteiger partial charge in [-0.3, -0.25) is 4.79 Å². The molecule has 0 aliphatic carbocycles. The topological polar surface area (TPSA) is 60.5 Å². The summed E-state index contributed by atoms with van der Waals surface area (Å²) in [6, 6.07) is 3.54. The second-order valence-corrected chi connectivity index (χ2v) is 3.26. The molecule has 0 fully saturated rings. The maximum Gasteiger partial charge on any atom is 0.307 e. The lowest BCUT2D eigenvalue weighted by molar-refractivity contribution is -0.141. The van der Waals surface area contributed by atoms with Crippen LogP contribution in [0.4, 0.5) is 0 Å². The molecule has 1 unspecified atom stereocenters. The highest BCUT2D eigenvalue weighted by atomic mass is 16.5. The zero-order valence-corrected chi connectivity index (χ0v) is 9.69. The van der Waals surface area contributed by atoms with E-state index >= 15 is 0 Å². The molecule has 0 saturated heterocycles. The third-order valence-corrected chi connectivity index (χ3v) is 2.32. The van der Waals surface area contributed by atoms with Crippen molar-refractivity contribution >= 4 is 5.97 Å². The van der Waals surface area contributed by atoms with Gasteiger partial charge in [0, 0.05) is 18.3 Å². The number of esters is 1. The van der Waals surface area contributed by atoms with Crippen molar-refractivity contribution in [2.75, 3.05) is 21.3 Å². The lowest BCUT2D eigenvalue weighted by Crippen LogP contribution is -2.20. The van der Waals surface area contributed by atoms with Gasteiger partial charge in [0.15, 0.2) is 0 Å². The minimum atomic E-state index is -0.254. The summed E-state index contributed by atoms with van der Waals surface area (Å²) in [5.41, 5.74) is 0.925. The number of methoxy groups -OCH3 is 2. The molecule has 0 saturated carbocycles. The predicted octanol–water partition coefficient (Wildman–Crippen LogP) is 0.914. The third-order valence-electron chi connectivity index (χ3n) is 2.32. The summed E-state index contributed by atoms with van der Waals surface area (Å²) in [6.45, 7) is 0. The van der Waals surface area contributed by atoms with Gasteiger partial charge in [0.05, 0.1) is 20.6 Å². The van der Waals surface area contributed by atoms with Crippen LogP contribution in [0, 0.1) is 0 Å². The number of pyridine rings is 1. The Balaban J connectivity index is 2.74. The maximum absolute atomic E-state index is 11.2. The van der Waals surface area contributed by atoms with E-state index < -0.39 is 0 Å². The van der Waals surface area contributed by atoms with Gasteiger partial charge >= 0.3 is 5.97 Å². The number of carbonyl (C=O) groups is 1. The molecule has 0 aliphatic rings. The molecule has 5 heteroatoms. The highest BCUT2D eigenvalue weighted by Crippen LogP contribution is 2.17. The fourth-order valence-corrected chi connectivity index (χ4v) is 1.36. The van der Waals surface area contributed by atoms with Crippen LogP contribution in [0.25, 0.3) is 0 Å². The molecule has 0 bridgehead atoms. The zero-order valence-electron chi connectivity index (χ0n) is 9.69. The molecule has 1 heterocycles. The van der Waals surface area contributed by atoms with E-state index in [9.17, 15) is 4.79 Å². The first-order valence-electron chi connectivity index (χ1n) is 4.95. The molecular formula is C11H16N2O3. The van der Waals surface area contributed by atoms with Gasteiger partial charge in [0.1, 0.15) is 0 Å². The largest absolute Gasteiger partial charge is 0.481 e. The first kappa shape index (κ1) is 12.4. The lowest BCUT2D eigenvalue weighted by Gasteiger charge is -2.14. The van der Waals surface area contributed by atoms with E-state index in [1.807, 2.05) is 6.07 Å². The summed E-state index contributed by atoms with van der Waals surface area (Å²) < 4.78 is 9.59. The van der Waals surface area contributed by atoms with Gasteiger partial charge in [0.2, 0.25) is 5.88 Å². The number of hydrogen-bond acceptors (Lipinski definition) is 5. The first-order valence-corrected chi connectivity index (χ1v) is 4.95. The molecule has 1 aromatic heterocycles. The number of nitrogens with one attached hydrogen (secondary N) is 1. The number of nitrogens with zero attached hydrogens (tertiary/aromatic N) is 1. The molecule has 88 valence electrons. The van der Waals surface area contributed by atoms with Crippen molar-refractivity contribution in [1.29, 1.82) is 0 Å². The molecule has 5 nitrogen and oxygen atoms in total. The Hall–Kier alpha value is -1.62. The maximum atomic E-state index is 11.2. The summed E-state index contributed by atoms with van der Waals surface area (Å²) in [7, 11) is 4.73. The van der Waals surface area contributed by atoms with Crippen LogP contribution >= 0.6 is 0 Å². The molecule has 1 atom stereocenters. The molecule has 0 aromatic carbocycles. The Morgan fingerprint density at radius 1 is 1.50 bits per heavy atom. The fourth-order valence-electron chi connectivity index (χ4n) is 1.36. The number of carbonyl (C=O) groups excluding carboxylic acids is 1. The summed E-state index contributed by atoms with van der Waals surface area (Å²) >= 11 is 0. The van der Waals surface area contributed by atoms with E-state index in [0.717, 1.165) is 5.56 Å². The van der Waals surface area contributed by atoms with Crippen LogP contribution in [-0.2, 0) is 9.53 Å². The third kappa shape index (κ3) is 3.20. The Kier molecular flexibility index (Phi) is 4.72. The molecule has 0 spiro atoms. The smallest absolute Gasteiger partial charge is 0.307 e. The average Bonchev–Trinajstić information content (AvgIpc) is 2.35. The van der Waals surface area contributed by atoms with Crippen molar-refractivity contribution < 1.29 is 14.3 Å². The van der Waals surface area contributed by atoms with Gasteiger partial charge in [-0.15, -0.1) is 0 Å². The molecule has 16 heavy (non-hydrogen) atoms. The standard InChI is InChI=1S/C11H16N2O3/c1-12-9(6-11(14)16-3)8-4-5-10(15-2)13-7-8/h4-5,7,9,12H,6H2,1-3H3. The van der Waals surface area contributed by atoms with Gasteiger partial charge in [0.25, 0.3) is 0 Å². The lowest BCUT2D eigenvalue weighted by atomic mass is 10.1. The Labute approximate surface area is 94.8 Å². The van der Waals surface area contributed by atoms with Crippen LogP contribution in [0.3, 0.4) is 0 Å². The van der Waals surface area contributed by atoms with E-state index in [1.165, 1.54) is 7.11 Å². The van der Waals surface area contributed by atoms with Crippen molar-refractivity contribution in [2.45, 2.75) is 12.5 Å². The monoisotopic (exact) mass is 224 g/mol. The molecule has 1 rings (SSSR count). The summed E-state index contributed by atoms with van der Waals surface area (Å²) in [5, 5.41) is 3.04. The highest BCUT2D eigenvalue weighted by Gasteiger charge is 2.14. The molecular weight excluding hydrogens is 208 g/mol. The number of aromatic nitrogens is 1. The van der Waals surface area contributed by atoms with Crippen LogP contribution in [0.5, 0.6) is 5.88 Å². The highest BCUT2D eigenvalue weighted by molar-refractivity contribution is 5.70. The van der Waals surface area contributed by atoms with Crippen LogP contribution in [0.15, 0.2) is 18.3 Å². The van der Waals surface area contributed by atoms with E-state index in [0.29, 0.717) is 5.88 Å². The Morgan fingerprint density at radius 3 is 2.69 bits per heavy atom. The van der Waals surface area contributed by atoms with Crippen LogP contribution in [0.2, 0.25) is 0 Å². The van der Waals surface area contributed by atoms with Gasteiger partial charge in [-0.2, -0.15) is 0 Å². The van der Waals surface area contributed by atoms with Crippen LogP contribution < -0.4 is 10.1 Å². The minimum Gasteiger partial charge on any atom is -0.481 e. The van der Waals surface area contributed by atoms with Crippen LogP contribution in [0.1, 0.15) is 18.0 Å². The van der Waals surface area contributed by atoms with Crippen molar-refractivity contribution in [3.05, 3.63) is 23.9 Å². The second kappa shape index (κ2) is 6.07. The SMILES string of the molecule is CNC(CC(=O)OC)c1ccc(OC)nc1. The zero-order chi connectivity index (χ0) is 12.0. The van der Waals surface area contributed by atoms with Crippen molar-refractivity contribution in [1.82, 2.24) is 10.3 Å². The van der Waals surface area contributed by atoms with Gasteiger partial charge in [-0.25, -0.2) is 4.98 Å². The Bertz CT molecular complexity index is 338. The molecule has 0 aliphatic heterocycles. The van der Waals surface area contributed by atoms with Crippen molar-refractivity contribution in [3.63, 3.8) is 0 Å². The van der Waals surface area contributed by atoms with Gasteiger partial charge < -0.3 is 14.8 Å². The molecule has 0 radical (unpaired) electrons. The molecule has 1 aromatic rings. The number of rotatable bonds is 5. The fraction of sp³-hybridized carbons (Fsp3) is 0.455. The van der Waals surface area contributed by atoms with E-state index in [1.54, 1.807) is 26.4 Å². The normalized spacial score (nSPS) is 11.9. The summed E-state index contributed by atoms with van der Waals surface area (Å²) in [6.07, 6.45) is 1.96. The van der Waals surface area contributed by atoms with Gasteiger partial charge in [-0.1, -0.05) is 6.07 Å². The number of hydrogen-bond donors (Lipinski definition) is 1. The van der Waals surface area contributed by atoms with E-state index in [2.05, 4.69) is 15.0 Å². The summed E-state index contributed by atoms with van der Waals surface area (Å²) in [5.74, 6) is 0.298. The Morgan fingerprint density at radius 2 is 2.25 bits per heavy atom. The van der Waals surface area contributed by atoms with E-state index in [4.69, 9.17) is 4.74 Å². The number of ether oxygens (including phenoxy) is 2. The molecule has 1 N–H and O–H groups in total. The van der Waals surface area contributed by atoms with Crippen molar-refractivity contribution in [3.8, 4) is 5.88 Å². The quantitative estimate of drug-likeness (QED) is 0.753. The summed E-state index contributed by atoms with van der Waals surface area (Å²) in [4.78, 5) is 15.3. The van der Waals surface area contributed by atoms with E-state index in [-0.39, 0.29) is 18.4 Å². The first-order chi connectivity index (χ1) is 7.71. The predicted molar refractivity (Wildman–Crippen MR) is 59.2 cm³/mol. The minimum absolute atomic E-state index is 0.0918. The van der Waals surface area contributed by atoms with Crippen LogP contribution in [-0.4, -0.2) is 32.2 Å². The van der Waals surface area contributed by atoms with Crippen molar-refractivity contribution in [2.24, 2.45) is 0 Å². The average molecular weight is 224 g/mol. The second-order valence-electron chi connectivity index (χ2n) is 3.26. The molecule has 0 amide bonds.